The molecule has 1 aromatic rings. The quantitative estimate of drug-likeness (QED) is 0.739. The second-order valence-corrected chi connectivity index (χ2v) is 3.60. The molecule has 0 aliphatic carbocycles. The molecule has 0 spiro atoms. The summed E-state index contributed by atoms with van der Waals surface area (Å²) in [4.78, 5) is 22.4. The molecule has 0 fully saturated rings. The molecule has 1 rings (SSSR count). The van der Waals surface area contributed by atoms with Gasteiger partial charge in [0, 0.05) is 31.8 Å². The molecule has 5 nitrogen and oxygen atoms in total. The van der Waals surface area contributed by atoms with Crippen LogP contribution in [-0.4, -0.2) is 16.5 Å². The SMILES string of the molecule is CC(N)CC(=O)Nc1ccc(=O)n(C)c1. The topological polar surface area (TPSA) is 77.1 Å². The number of nitrogens with zero attached hydrogens (tertiary/aromatic N) is 1. The first-order valence-electron chi connectivity index (χ1n) is 4.71. The van der Waals surface area contributed by atoms with Crippen molar-refractivity contribution in [2.75, 3.05) is 5.32 Å². The van der Waals surface area contributed by atoms with Crippen LogP contribution in [0.3, 0.4) is 0 Å². The Morgan fingerprint density at radius 1 is 1.60 bits per heavy atom. The predicted molar refractivity (Wildman–Crippen MR) is 58.6 cm³/mol. The normalized spacial score (nSPS) is 12.2. The summed E-state index contributed by atoms with van der Waals surface area (Å²) in [6.45, 7) is 1.76. The van der Waals surface area contributed by atoms with Gasteiger partial charge in [0.15, 0.2) is 0 Å². The maximum Gasteiger partial charge on any atom is 0.250 e. The Kier molecular flexibility index (Phi) is 3.62. The van der Waals surface area contributed by atoms with Crippen LogP contribution in [0, 0.1) is 0 Å². The van der Waals surface area contributed by atoms with Gasteiger partial charge in [-0.1, -0.05) is 0 Å². The third-order valence-corrected chi connectivity index (χ3v) is 1.88. The van der Waals surface area contributed by atoms with E-state index in [2.05, 4.69) is 5.32 Å². The van der Waals surface area contributed by atoms with Gasteiger partial charge in [-0.2, -0.15) is 0 Å². The molecule has 82 valence electrons. The second kappa shape index (κ2) is 4.75. The first-order valence-corrected chi connectivity index (χ1v) is 4.71. The maximum atomic E-state index is 11.3. The van der Waals surface area contributed by atoms with Gasteiger partial charge in [0.1, 0.15) is 0 Å². The molecule has 1 atom stereocenters. The Bertz CT molecular complexity index is 409. The van der Waals surface area contributed by atoms with Gasteiger partial charge < -0.3 is 15.6 Å². The number of anilines is 1. The summed E-state index contributed by atoms with van der Waals surface area (Å²) in [5.41, 5.74) is 5.97. The van der Waals surface area contributed by atoms with Crippen LogP contribution in [0.2, 0.25) is 0 Å². The van der Waals surface area contributed by atoms with Gasteiger partial charge in [-0.15, -0.1) is 0 Å². The second-order valence-electron chi connectivity index (χ2n) is 3.60. The lowest BCUT2D eigenvalue weighted by molar-refractivity contribution is -0.116. The van der Waals surface area contributed by atoms with Crippen LogP contribution in [0.1, 0.15) is 13.3 Å². The van der Waals surface area contributed by atoms with Crippen molar-refractivity contribution in [2.45, 2.75) is 19.4 Å². The number of aryl methyl sites for hydroxylation is 1. The lowest BCUT2D eigenvalue weighted by atomic mass is 10.2. The number of carbonyl (C=O) groups is 1. The summed E-state index contributed by atoms with van der Waals surface area (Å²) in [7, 11) is 1.63. The van der Waals surface area contributed by atoms with Gasteiger partial charge in [0.05, 0.1) is 5.69 Å². The number of nitrogens with two attached hydrogens (primary N) is 1. The summed E-state index contributed by atoms with van der Waals surface area (Å²) < 4.78 is 1.40. The fraction of sp³-hybridized carbons (Fsp3) is 0.400. The van der Waals surface area contributed by atoms with Crippen LogP contribution in [-0.2, 0) is 11.8 Å². The number of amides is 1. The average Bonchev–Trinajstić information content (AvgIpc) is 2.10. The highest BCUT2D eigenvalue weighted by Gasteiger charge is 2.05. The van der Waals surface area contributed by atoms with E-state index in [1.165, 1.54) is 10.6 Å². The van der Waals surface area contributed by atoms with Crippen LogP contribution in [0.25, 0.3) is 0 Å². The van der Waals surface area contributed by atoms with Gasteiger partial charge in [-0.3, -0.25) is 9.59 Å². The standard InChI is InChI=1S/C10H15N3O2/c1-7(11)5-9(14)12-8-3-4-10(15)13(2)6-8/h3-4,6-7H,5,11H2,1-2H3,(H,12,14). The molecule has 1 heterocycles. The number of nitrogens with one attached hydrogen (secondary N) is 1. The molecule has 0 radical (unpaired) electrons. The van der Waals surface area contributed by atoms with Crippen LogP contribution >= 0.6 is 0 Å². The minimum Gasteiger partial charge on any atom is -0.327 e. The van der Waals surface area contributed by atoms with Crippen molar-refractivity contribution in [3.63, 3.8) is 0 Å². The first kappa shape index (κ1) is 11.5. The summed E-state index contributed by atoms with van der Waals surface area (Å²) >= 11 is 0. The van der Waals surface area contributed by atoms with Crippen molar-refractivity contribution in [2.24, 2.45) is 12.8 Å². The molecule has 0 aliphatic heterocycles. The van der Waals surface area contributed by atoms with E-state index in [9.17, 15) is 9.59 Å². The zero-order valence-corrected chi connectivity index (χ0v) is 8.86. The molecule has 0 aromatic carbocycles. The van der Waals surface area contributed by atoms with Gasteiger partial charge in [0.25, 0.3) is 0 Å². The van der Waals surface area contributed by atoms with Crippen LogP contribution < -0.4 is 16.6 Å². The molecule has 0 saturated heterocycles. The number of hydrogen-bond acceptors (Lipinski definition) is 3. The third kappa shape index (κ3) is 3.55. The number of carbonyl (C=O) groups excluding carboxylic acids is 1. The van der Waals surface area contributed by atoms with Crippen molar-refractivity contribution in [1.29, 1.82) is 0 Å². The van der Waals surface area contributed by atoms with Gasteiger partial charge in [-0.25, -0.2) is 0 Å². The minimum absolute atomic E-state index is 0.111. The molecular weight excluding hydrogens is 194 g/mol. The first-order chi connectivity index (χ1) is 6.99. The van der Waals surface area contributed by atoms with Crippen molar-refractivity contribution in [3.05, 3.63) is 28.7 Å². The Balaban J connectivity index is 2.69. The molecule has 0 aliphatic rings. The third-order valence-electron chi connectivity index (χ3n) is 1.88. The highest BCUT2D eigenvalue weighted by Crippen LogP contribution is 2.03. The van der Waals surface area contributed by atoms with Crippen molar-refractivity contribution in [1.82, 2.24) is 4.57 Å². The number of pyridine rings is 1. The Labute approximate surface area is 87.9 Å². The van der Waals surface area contributed by atoms with Crippen molar-refractivity contribution in [3.8, 4) is 0 Å². The van der Waals surface area contributed by atoms with E-state index in [1.54, 1.807) is 26.2 Å². The van der Waals surface area contributed by atoms with E-state index in [1.807, 2.05) is 0 Å². The monoisotopic (exact) mass is 209 g/mol. The van der Waals surface area contributed by atoms with Crippen LogP contribution in [0.4, 0.5) is 5.69 Å². The zero-order chi connectivity index (χ0) is 11.4. The van der Waals surface area contributed by atoms with Crippen molar-refractivity contribution < 1.29 is 4.79 Å². The average molecular weight is 209 g/mol. The minimum atomic E-state index is -0.169. The van der Waals surface area contributed by atoms with E-state index >= 15 is 0 Å². The molecule has 1 amide bonds. The smallest absolute Gasteiger partial charge is 0.250 e. The molecule has 5 heteroatoms. The summed E-state index contributed by atoms with van der Waals surface area (Å²) in [5.74, 6) is -0.149. The summed E-state index contributed by atoms with van der Waals surface area (Å²) in [6, 6.07) is 2.81. The van der Waals surface area contributed by atoms with Crippen LogP contribution in [0.15, 0.2) is 23.1 Å². The van der Waals surface area contributed by atoms with Gasteiger partial charge in [-0.05, 0) is 13.0 Å². The number of rotatable bonds is 3. The van der Waals surface area contributed by atoms with Gasteiger partial charge in [0.2, 0.25) is 11.5 Å². The highest BCUT2D eigenvalue weighted by atomic mass is 16.1. The Hall–Kier alpha value is -1.62. The molecule has 0 bridgehead atoms. The fourth-order valence-electron chi connectivity index (χ4n) is 1.17. The van der Waals surface area contributed by atoms with Crippen LogP contribution in [0.5, 0.6) is 0 Å². The maximum absolute atomic E-state index is 11.3. The molecule has 1 unspecified atom stereocenters. The lowest BCUT2D eigenvalue weighted by Gasteiger charge is -2.07. The van der Waals surface area contributed by atoms with E-state index in [0.717, 1.165) is 0 Å². The van der Waals surface area contributed by atoms with E-state index in [0.29, 0.717) is 5.69 Å². The van der Waals surface area contributed by atoms with E-state index in [-0.39, 0.29) is 23.9 Å². The molecule has 15 heavy (non-hydrogen) atoms. The molecule has 3 N–H and O–H groups in total. The van der Waals surface area contributed by atoms with E-state index < -0.39 is 0 Å². The Morgan fingerprint density at radius 3 is 2.80 bits per heavy atom. The summed E-state index contributed by atoms with van der Waals surface area (Å²) in [6.07, 6.45) is 1.84. The lowest BCUT2D eigenvalue weighted by Crippen LogP contribution is -2.24. The molecule has 1 aromatic heterocycles. The Morgan fingerprint density at radius 2 is 2.27 bits per heavy atom. The number of aromatic nitrogens is 1. The summed E-state index contributed by atoms with van der Waals surface area (Å²) in [5, 5.41) is 2.66. The number of hydrogen-bond donors (Lipinski definition) is 2. The van der Waals surface area contributed by atoms with Crippen molar-refractivity contribution >= 4 is 11.6 Å². The largest absolute Gasteiger partial charge is 0.327 e. The zero-order valence-electron chi connectivity index (χ0n) is 8.86. The fourth-order valence-corrected chi connectivity index (χ4v) is 1.17. The highest BCUT2D eigenvalue weighted by molar-refractivity contribution is 5.90. The van der Waals surface area contributed by atoms with Gasteiger partial charge >= 0.3 is 0 Å². The predicted octanol–water partition coefficient (Wildman–Crippen LogP) is 0.0611. The molecular formula is C10H15N3O2. The molecule has 0 saturated carbocycles. The van der Waals surface area contributed by atoms with E-state index in [4.69, 9.17) is 5.73 Å².